The average molecular weight is 402 g/mol. The van der Waals surface area contributed by atoms with E-state index in [2.05, 4.69) is 20.2 Å². The molecule has 1 saturated heterocycles. The Morgan fingerprint density at radius 1 is 1.24 bits per heavy atom. The van der Waals surface area contributed by atoms with Gasteiger partial charge < -0.3 is 30.1 Å². The topological polar surface area (TPSA) is 94.0 Å². The molecule has 3 rings (SSSR count). The normalized spacial score (nSPS) is 18.8. The first-order valence-electron chi connectivity index (χ1n) is 9.99. The molecule has 1 aliphatic rings. The fourth-order valence-corrected chi connectivity index (χ4v) is 3.35. The molecule has 0 radical (unpaired) electrons. The molecule has 0 saturated carbocycles. The number of β-amino-alcohol motifs (C(OH)–C–C–N with tert-alkyl or cyclic N) is 1. The highest BCUT2D eigenvalue weighted by molar-refractivity contribution is 5.50. The average Bonchev–Trinajstić information content (AvgIpc) is 3.12. The number of nitrogens with one attached hydrogen (secondary N) is 1. The van der Waals surface area contributed by atoms with Crippen molar-refractivity contribution in [2.75, 3.05) is 56.7 Å². The molecule has 8 heteroatoms. The molecule has 0 aliphatic carbocycles. The lowest BCUT2D eigenvalue weighted by atomic mass is 10.0. The molecule has 1 aliphatic heterocycles. The summed E-state index contributed by atoms with van der Waals surface area (Å²) in [4.78, 5) is 12.7. The molecular weight excluding hydrogens is 370 g/mol. The number of rotatable bonds is 10. The molecule has 158 valence electrons. The van der Waals surface area contributed by atoms with E-state index in [1.807, 2.05) is 49.3 Å². The standard InChI is InChI=1S/C21H31N5O3/c1-25(2)19-12-20(24-16-23-19)26-9-8-21(28,15-26)14-22-13-17-4-6-18(7-5-17)29-11-3-10-27/h4-7,12,16,22,27-28H,3,8-11,13-15H2,1-2H3/t21-/m1/s1. The predicted octanol–water partition coefficient (Wildman–Crippen LogP) is 1.03. The van der Waals surface area contributed by atoms with Gasteiger partial charge in [-0.2, -0.15) is 0 Å². The number of ether oxygens (including phenoxy) is 1. The minimum Gasteiger partial charge on any atom is -0.494 e. The summed E-state index contributed by atoms with van der Waals surface area (Å²) in [6.07, 6.45) is 2.89. The van der Waals surface area contributed by atoms with E-state index in [1.165, 1.54) is 0 Å². The highest BCUT2D eigenvalue weighted by Crippen LogP contribution is 2.26. The van der Waals surface area contributed by atoms with Crippen LogP contribution in [-0.4, -0.2) is 72.7 Å². The second-order valence-corrected chi connectivity index (χ2v) is 7.70. The van der Waals surface area contributed by atoms with Crippen molar-refractivity contribution in [1.82, 2.24) is 15.3 Å². The second kappa shape index (κ2) is 9.87. The summed E-state index contributed by atoms with van der Waals surface area (Å²) in [5.74, 6) is 2.50. The first kappa shape index (κ1) is 21.3. The van der Waals surface area contributed by atoms with Gasteiger partial charge in [0.15, 0.2) is 0 Å². The van der Waals surface area contributed by atoms with Crippen LogP contribution in [0, 0.1) is 0 Å². The smallest absolute Gasteiger partial charge is 0.134 e. The summed E-state index contributed by atoms with van der Waals surface area (Å²) in [6.45, 7) is 3.15. The summed E-state index contributed by atoms with van der Waals surface area (Å²) in [5.41, 5.74) is 0.348. The van der Waals surface area contributed by atoms with Crippen LogP contribution < -0.4 is 19.9 Å². The Bertz CT molecular complexity index is 771. The molecule has 1 aromatic carbocycles. The van der Waals surface area contributed by atoms with Gasteiger partial charge in [0.25, 0.3) is 0 Å². The van der Waals surface area contributed by atoms with Crippen molar-refractivity contribution in [2.45, 2.75) is 25.0 Å². The monoisotopic (exact) mass is 401 g/mol. The van der Waals surface area contributed by atoms with Gasteiger partial charge in [-0.3, -0.25) is 0 Å². The van der Waals surface area contributed by atoms with Crippen molar-refractivity contribution >= 4 is 11.6 Å². The van der Waals surface area contributed by atoms with E-state index in [0.717, 1.165) is 29.5 Å². The minimum absolute atomic E-state index is 0.135. The van der Waals surface area contributed by atoms with E-state index in [9.17, 15) is 5.11 Å². The Balaban J connectivity index is 1.47. The first-order chi connectivity index (χ1) is 14.0. The van der Waals surface area contributed by atoms with Crippen LogP contribution in [0.4, 0.5) is 11.6 Å². The third-order valence-electron chi connectivity index (χ3n) is 5.03. The van der Waals surface area contributed by atoms with Crippen molar-refractivity contribution in [2.24, 2.45) is 0 Å². The van der Waals surface area contributed by atoms with Gasteiger partial charge in [-0.25, -0.2) is 9.97 Å². The van der Waals surface area contributed by atoms with Gasteiger partial charge >= 0.3 is 0 Å². The van der Waals surface area contributed by atoms with Crippen LogP contribution in [0.15, 0.2) is 36.7 Å². The lowest BCUT2D eigenvalue weighted by molar-refractivity contribution is 0.0626. The first-order valence-corrected chi connectivity index (χ1v) is 9.99. The fourth-order valence-electron chi connectivity index (χ4n) is 3.35. The van der Waals surface area contributed by atoms with Gasteiger partial charge in [0.1, 0.15) is 23.7 Å². The summed E-state index contributed by atoms with van der Waals surface area (Å²) >= 11 is 0. The maximum Gasteiger partial charge on any atom is 0.134 e. The van der Waals surface area contributed by atoms with Crippen molar-refractivity contribution in [3.05, 3.63) is 42.2 Å². The van der Waals surface area contributed by atoms with Crippen LogP contribution >= 0.6 is 0 Å². The number of anilines is 2. The maximum absolute atomic E-state index is 10.9. The van der Waals surface area contributed by atoms with E-state index >= 15 is 0 Å². The molecule has 1 fully saturated rings. The lowest BCUT2D eigenvalue weighted by Crippen LogP contribution is -2.43. The van der Waals surface area contributed by atoms with E-state index in [1.54, 1.807) is 6.33 Å². The summed E-state index contributed by atoms with van der Waals surface area (Å²) in [5, 5.41) is 23.1. The Labute approximate surface area is 172 Å². The summed E-state index contributed by atoms with van der Waals surface area (Å²) in [7, 11) is 3.90. The molecule has 1 atom stereocenters. The number of aromatic nitrogens is 2. The largest absolute Gasteiger partial charge is 0.494 e. The van der Waals surface area contributed by atoms with Gasteiger partial charge in [0.2, 0.25) is 0 Å². The zero-order valence-electron chi connectivity index (χ0n) is 17.2. The van der Waals surface area contributed by atoms with Crippen molar-refractivity contribution in [3.8, 4) is 5.75 Å². The molecule has 2 aromatic rings. The Morgan fingerprint density at radius 3 is 2.76 bits per heavy atom. The van der Waals surface area contributed by atoms with Crippen LogP contribution in [0.2, 0.25) is 0 Å². The van der Waals surface area contributed by atoms with E-state index < -0.39 is 5.60 Å². The quantitative estimate of drug-likeness (QED) is 0.509. The lowest BCUT2D eigenvalue weighted by Gasteiger charge is -2.24. The molecule has 29 heavy (non-hydrogen) atoms. The zero-order chi connectivity index (χ0) is 20.7. The Morgan fingerprint density at radius 2 is 2.03 bits per heavy atom. The second-order valence-electron chi connectivity index (χ2n) is 7.70. The Hall–Kier alpha value is -2.42. The van der Waals surface area contributed by atoms with Crippen molar-refractivity contribution in [1.29, 1.82) is 0 Å². The Kier molecular flexibility index (Phi) is 7.24. The highest BCUT2D eigenvalue weighted by atomic mass is 16.5. The van der Waals surface area contributed by atoms with E-state index in [4.69, 9.17) is 9.84 Å². The van der Waals surface area contributed by atoms with E-state index in [0.29, 0.717) is 39.1 Å². The van der Waals surface area contributed by atoms with Crippen LogP contribution in [0.5, 0.6) is 5.75 Å². The molecule has 0 amide bonds. The molecule has 2 heterocycles. The predicted molar refractivity (Wildman–Crippen MR) is 113 cm³/mol. The molecule has 0 spiro atoms. The molecule has 8 nitrogen and oxygen atoms in total. The molecule has 0 unspecified atom stereocenters. The third kappa shape index (κ3) is 6.03. The van der Waals surface area contributed by atoms with Gasteiger partial charge in [-0.15, -0.1) is 0 Å². The molecule has 3 N–H and O–H groups in total. The molecule has 1 aromatic heterocycles. The van der Waals surface area contributed by atoms with Crippen LogP contribution in [0.25, 0.3) is 0 Å². The molecule has 0 bridgehead atoms. The SMILES string of the molecule is CN(C)c1cc(N2CC[C@@](O)(CNCc3ccc(OCCCO)cc3)C2)ncn1. The van der Waals surface area contributed by atoms with Gasteiger partial charge in [0.05, 0.1) is 12.2 Å². The van der Waals surface area contributed by atoms with Crippen LogP contribution in [0.3, 0.4) is 0 Å². The number of nitrogens with zero attached hydrogens (tertiary/aromatic N) is 4. The van der Waals surface area contributed by atoms with Crippen molar-refractivity contribution in [3.63, 3.8) is 0 Å². The fraction of sp³-hybridized carbons (Fsp3) is 0.524. The zero-order valence-corrected chi connectivity index (χ0v) is 17.2. The number of hydrogen-bond donors (Lipinski definition) is 3. The molecular formula is C21H31N5O3. The van der Waals surface area contributed by atoms with Gasteiger partial charge in [-0.05, 0) is 24.1 Å². The minimum atomic E-state index is -0.781. The van der Waals surface area contributed by atoms with Gasteiger partial charge in [0, 0.05) is 59.4 Å². The number of aliphatic hydroxyl groups excluding tert-OH is 1. The highest BCUT2D eigenvalue weighted by Gasteiger charge is 2.36. The number of aliphatic hydroxyl groups is 2. The third-order valence-corrected chi connectivity index (χ3v) is 5.03. The van der Waals surface area contributed by atoms with Gasteiger partial charge in [-0.1, -0.05) is 12.1 Å². The van der Waals surface area contributed by atoms with Crippen LogP contribution in [0.1, 0.15) is 18.4 Å². The van der Waals surface area contributed by atoms with Crippen molar-refractivity contribution < 1.29 is 14.9 Å². The summed E-state index contributed by atoms with van der Waals surface area (Å²) in [6, 6.07) is 9.82. The number of benzene rings is 1. The van der Waals surface area contributed by atoms with Crippen LogP contribution in [-0.2, 0) is 6.54 Å². The number of hydrogen-bond acceptors (Lipinski definition) is 8. The van der Waals surface area contributed by atoms with E-state index in [-0.39, 0.29) is 6.61 Å². The summed E-state index contributed by atoms with van der Waals surface area (Å²) < 4.78 is 5.54. The maximum atomic E-state index is 10.9.